The summed E-state index contributed by atoms with van der Waals surface area (Å²) in [6.45, 7) is 7.06. The third kappa shape index (κ3) is 1.45. The second kappa shape index (κ2) is 4.11. The van der Waals surface area contributed by atoms with E-state index >= 15 is 0 Å². The molecule has 1 heterocycles. The maximum atomic E-state index is 9.39. The fraction of sp³-hybridized carbons (Fsp3) is 0.385. The van der Waals surface area contributed by atoms with Crippen LogP contribution in [-0.2, 0) is 13.2 Å². The van der Waals surface area contributed by atoms with Gasteiger partial charge >= 0.3 is 0 Å². The summed E-state index contributed by atoms with van der Waals surface area (Å²) in [5.74, 6) is 0. The number of rotatable bonds is 2. The Bertz CT molecular complexity index is 543. The normalized spacial score (nSPS) is 11.3. The predicted octanol–water partition coefficient (Wildman–Crippen LogP) is 3.42. The van der Waals surface area contributed by atoms with E-state index in [-0.39, 0.29) is 6.61 Å². The van der Waals surface area contributed by atoms with Crippen molar-refractivity contribution in [3.8, 4) is 0 Å². The van der Waals surface area contributed by atoms with Gasteiger partial charge in [-0.05, 0) is 31.9 Å². The Kier molecular flexibility index (Phi) is 2.96. The molecule has 0 saturated carbocycles. The number of hydrogen-bond acceptors (Lipinski definition) is 1. The standard InChI is InChI=1S/C13H16ClNO/c1-4-15-12-9(3)8(2)5-6-10(12)11(7-16)13(15)14/h5-6,16H,4,7H2,1-3H3. The van der Waals surface area contributed by atoms with Gasteiger partial charge in [-0.2, -0.15) is 0 Å². The van der Waals surface area contributed by atoms with Crippen molar-refractivity contribution in [2.75, 3.05) is 0 Å². The molecule has 0 fully saturated rings. The summed E-state index contributed by atoms with van der Waals surface area (Å²) in [6, 6.07) is 4.12. The number of fused-ring (bicyclic) bond motifs is 1. The van der Waals surface area contributed by atoms with E-state index in [9.17, 15) is 5.11 Å². The predicted molar refractivity (Wildman–Crippen MR) is 68.0 cm³/mol. The molecule has 0 radical (unpaired) electrons. The topological polar surface area (TPSA) is 25.2 Å². The van der Waals surface area contributed by atoms with Crippen molar-refractivity contribution in [2.45, 2.75) is 33.9 Å². The first kappa shape index (κ1) is 11.5. The number of aromatic nitrogens is 1. The molecule has 0 unspecified atom stereocenters. The van der Waals surface area contributed by atoms with Gasteiger partial charge in [0.25, 0.3) is 0 Å². The summed E-state index contributed by atoms with van der Waals surface area (Å²) in [4.78, 5) is 0. The van der Waals surface area contributed by atoms with Gasteiger partial charge in [-0.3, -0.25) is 0 Å². The van der Waals surface area contributed by atoms with E-state index < -0.39 is 0 Å². The maximum absolute atomic E-state index is 9.39. The fourth-order valence-corrected chi connectivity index (χ4v) is 2.58. The smallest absolute Gasteiger partial charge is 0.115 e. The van der Waals surface area contributed by atoms with Crippen LogP contribution in [0.15, 0.2) is 12.1 Å². The van der Waals surface area contributed by atoms with Gasteiger partial charge in [-0.1, -0.05) is 23.7 Å². The molecule has 0 aliphatic carbocycles. The second-order valence-electron chi connectivity index (χ2n) is 4.08. The Balaban J connectivity index is 2.95. The van der Waals surface area contributed by atoms with E-state index in [1.807, 2.05) is 6.07 Å². The molecule has 0 bridgehead atoms. The van der Waals surface area contributed by atoms with Gasteiger partial charge in [0.05, 0.1) is 12.1 Å². The molecule has 1 aromatic carbocycles. The summed E-state index contributed by atoms with van der Waals surface area (Å²) in [5, 5.41) is 11.1. The van der Waals surface area contributed by atoms with Crippen LogP contribution in [0.1, 0.15) is 23.6 Å². The van der Waals surface area contributed by atoms with Crippen molar-refractivity contribution in [3.63, 3.8) is 0 Å². The van der Waals surface area contributed by atoms with Crippen molar-refractivity contribution < 1.29 is 5.11 Å². The van der Waals surface area contributed by atoms with Crippen molar-refractivity contribution in [1.82, 2.24) is 4.57 Å². The number of hydrogen-bond donors (Lipinski definition) is 1. The second-order valence-corrected chi connectivity index (χ2v) is 4.43. The first-order valence-electron chi connectivity index (χ1n) is 5.49. The molecular weight excluding hydrogens is 222 g/mol. The van der Waals surface area contributed by atoms with Crippen LogP contribution in [0.4, 0.5) is 0 Å². The number of aliphatic hydroxyl groups is 1. The van der Waals surface area contributed by atoms with Gasteiger partial charge in [0.1, 0.15) is 5.15 Å². The minimum Gasteiger partial charge on any atom is -0.392 e. The number of benzene rings is 1. The van der Waals surface area contributed by atoms with Crippen molar-refractivity contribution in [1.29, 1.82) is 0 Å². The summed E-state index contributed by atoms with van der Waals surface area (Å²) in [6.07, 6.45) is 0. The molecule has 0 aliphatic rings. The van der Waals surface area contributed by atoms with E-state index in [1.165, 1.54) is 11.1 Å². The lowest BCUT2D eigenvalue weighted by molar-refractivity contribution is 0.283. The highest BCUT2D eigenvalue weighted by Crippen LogP contribution is 2.33. The number of nitrogens with zero attached hydrogens (tertiary/aromatic N) is 1. The van der Waals surface area contributed by atoms with Crippen LogP contribution in [0.2, 0.25) is 5.15 Å². The molecule has 0 spiro atoms. The zero-order chi connectivity index (χ0) is 11.9. The lowest BCUT2D eigenvalue weighted by Crippen LogP contribution is -1.96. The van der Waals surface area contributed by atoms with E-state index in [0.717, 1.165) is 23.0 Å². The zero-order valence-corrected chi connectivity index (χ0v) is 10.6. The quantitative estimate of drug-likeness (QED) is 0.851. The maximum Gasteiger partial charge on any atom is 0.115 e. The van der Waals surface area contributed by atoms with Gasteiger partial charge in [-0.25, -0.2) is 0 Å². The Labute approximate surface area is 100 Å². The highest BCUT2D eigenvalue weighted by atomic mass is 35.5. The summed E-state index contributed by atoms with van der Waals surface area (Å²) >= 11 is 6.28. The SMILES string of the molecule is CCn1c(Cl)c(CO)c2ccc(C)c(C)c21. The highest BCUT2D eigenvalue weighted by molar-refractivity contribution is 6.32. The van der Waals surface area contributed by atoms with Crippen molar-refractivity contribution in [2.24, 2.45) is 0 Å². The summed E-state index contributed by atoms with van der Waals surface area (Å²) in [5.41, 5.74) is 4.47. The minimum atomic E-state index is -0.00909. The Morgan fingerprint density at radius 1 is 1.31 bits per heavy atom. The summed E-state index contributed by atoms with van der Waals surface area (Å²) < 4.78 is 2.06. The average Bonchev–Trinajstić information content (AvgIpc) is 2.56. The monoisotopic (exact) mass is 237 g/mol. The van der Waals surface area contributed by atoms with E-state index in [4.69, 9.17) is 11.6 Å². The third-order valence-corrected chi connectivity index (χ3v) is 3.69. The lowest BCUT2D eigenvalue weighted by atomic mass is 10.1. The van der Waals surface area contributed by atoms with Crippen LogP contribution in [0.25, 0.3) is 10.9 Å². The summed E-state index contributed by atoms with van der Waals surface area (Å²) in [7, 11) is 0. The molecule has 3 heteroatoms. The molecule has 2 rings (SSSR count). The molecule has 0 saturated heterocycles. The van der Waals surface area contributed by atoms with Gasteiger partial charge in [-0.15, -0.1) is 0 Å². The molecular formula is C13H16ClNO. The third-order valence-electron chi connectivity index (χ3n) is 3.26. The average molecular weight is 238 g/mol. The van der Waals surface area contributed by atoms with Crippen LogP contribution in [0.3, 0.4) is 0 Å². The van der Waals surface area contributed by atoms with E-state index in [1.54, 1.807) is 0 Å². The molecule has 1 aromatic heterocycles. The minimum absolute atomic E-state index is 0.00909. The molecule has 0 atom stereocenters. The molecule has 1 N–H and O–H groups in total. The Hall–Kier alpha value is -0.990. The van der Waals surface area contributed by atoms with E-state index in [0.29, 0.717) is 5.15 Å². The Morgan fingerprint density at radius 2 is 2.00 bits per heavy atom. The van der Waals surface area contributed by atoms with Crippen molar-refractivity contribution >= 4 is 22.5 Å². The van der Waals surface area contributed by atoms with Crippen LogP contribution in [0.5, 0.6) is 0 Å². The van der Waals surface area contributed by atoms with Gasteiger partial charge < -0.3 is 9.67 Å². The molecule has 2 nitrogen and oxygen atoms in total. The van der Waals surface area contributed by atoms with Gasteiger partial charge in [0, 0.05) is 17.5 Å². The number of aliphatic hydroxyl groups excluding tert-OH is 1. The molecule has 0 amide bonds. The lowest BCUT2D eigenvalue weighted by Gasteiger charge is -2.07. The molecule has 0 aliphatic heterocycles. The van der Waals surface area contributed by atoms with Crippen LogP contribution >= 0.6 is 11.6 Å². The van der Waals surface area contributed by atoms with Crippen LogP contribution < -0.4 is 0 Å². The highest BCUT2D eigenvalue weighted by Gasteiger charge is 2.16. The van der Waals surface area contributed by atoms with Crippen LogP contribution in [-0.4, -0.2) is 9.67 Å². The molecule has 16 heavy (non-hydrogen) atoms. The largest absolute Gasteiger partial charge is 0.392 e. The number of halogens is 1. The Morgan fingerprint density at radius 3 is 2.56 bits per heavy atom. The number of aryl methyl sites for hydroxylation is 3. The first-order chi connectivity index (χ1) is 7.61. The first-order valence-corrected chi connectivity index (χ1v) is 5.87. The molecule has 86 valence electrons. The van der Waals surface area contributed by atoms with Crippen molar-refractivity contribution in [3.05, 3.63) is 34.0 Å². The molecule has 2 aromatic rings. The fourth-order valence-electron chi connectivity index (χ4n) is 2.21. The van der Waals surface area contributed by atoms with Gasteiger partial charge in [0.2, 0.25) is 0 Å². The van der Waals surface area contributed by atoms with E-state index in [2.05, 4.69) is 31.4 Å². The zero-order valence-electron chi connectivity index (χ0n) is 9.84. The van der Waals surface area contributed by atoms with Gasteiger partial charge in [0.15, 0.2) is 0 Å². The van der Waals surface area contributed by atoms with Crippen LogP contribution in [0, 0.1) is 13.8 Å².